The van der Waals surface area contributed by atoms with Gasteiger partial charge in [-0.05, 0) is 24.6 Å². The molecule has 0 saturated carbocycles. The van der Waals surface area contributed by atoms with E-state index in [1.54, 1.807) is 18.5 Å². The Bertz CT molecular complexity index is 957. The molecule has 9 heteroatoms. The maximum Gasteiger partial charge on any atom is 0.322 e. The highest BCUT2D eigenvalue weighted by atomic mass is 16.4. The van der Waals surface area contributed by atoms with Gasteiger partial charge in [-0.15, -0.1) is 0 Å². The number of nitrogens with one attached hydrogen (secondary N) is 2. The zero-order chi connectivity index (χ0) is 18.1. The normalized spacial score (nSPS) is 17.0. The van der Waals surface area contributed by atoms with E-state index in [4.69, 9.17) is 5.11 Å². The van der Waals surface area contributed by atoms with Gasteiger partial charge in [-0.25, -0.2) is 15.0 Å². The first-order valence-corrected chi connectivity index (χ1v) is 8.30. The molecular formula is C17H18N6O3. The Balaban J connectivity index is 1.73. The number of rotatable bonds is 5. The standard InChI is InChI=1S/C17H18N6O3/c24-10-3-6-23(9-10)14-2-5-19-17(22-14)12-7-13(20-8-15(25)26)21-16-11(12)1-4-18-16/h1-2,4-5,7,10,24H,3,6,8-9H2,(H,25,26)(H2,18,20,21). The predicted molar refractivity (Wildman–Crippen MR) is 96.1 cm³/mol. The smallest absolute Gasteiger partial charge is 0.322 e. The van der Waals surface area contributed by atoms with Gasteiger partial charge in [0.05, 0.1) is 6.10 Å². The Morgan fingerprint density at radius 3 is 3.04 bits per heavy atom. The van der Waals surface area contributed by atoms with E-state index in [0.717, 1.165) is 29.7 Å². The lowest BCUT2D eigenvalue weighted by Crippen LogP contribution is -2.22. The van der Waals surface area contributed by atoms with Crippen LogP contribution in [-0.4, -0.2) is 61.9 Å². The average molecular weight is 354 g/mol. The summed E-state index contributed by atoms with van der Waals surface area (Å²) in [6, 6.07) is 5.45. The number of aliphatic hydroxyl groups excluding tert-OH is 1. The molecule has 0 bridgehead atoms. The SMILES string of the molecule is O=C(O)CNc1cc(-c2nccc(N3CCC(O)C3)n2)c2cc[nH]c2n1. The first kappa shape index (κ1) is 16.3. The Hall–Kier alpha value is -3.20. The lowest BCUT2D eigenvalue weighted by atomic mass is 10.1. The van der Waals surface area contributed by atoms with E-state index in [0.29, 0.717) is 23.8 Å². The highest BCUT2D eigenvalue weighted by Gasteiger charge is 2.22. The Labute approximate surface area is 148 Å². The molecule has 0 radical (unpaired) electrons. The number of H-pyrrole nitrogens is 1. The molecule has 1 atom stereocenters. The Morgan fingerprint density at radius 2 is 2.27 bits per heavy atom. The van der Waals surface area contributed by atoms with Gasteiger partial charge in [0.15, 0.2) is 5.82 Å². The fourth-order valence-electron chi connectivity index (χ4n) is 3.08. The molecule has 134 valence electrons. The quantitative estimate of drug-likeness (QED) is 0.536. The second kappa shape index (κ2) is 6.60. The van der Waals surface area contributed by atoms with Gasteiger partial charge < -0.3 is 25.4 Å². The Kier molecular flexibility index (Phi) is 4.13. The second-order valence-corrected chi connectivity index (χ2v) is 6.17. The summed E-state index contributed by atoms with van der Waals surface area (Å²) in [4.78, 5) is 29.3. The molecule has 9 nitrogen and oxygen atoms in total. The molecule has 4 heterocycles. The van der Waals surface area contributed by atoms with Gasteiger partial charge >= 0.3 is 5.97 Å². The number of hydrogen-bond acceptors (Lipinski definition) is 7. The van der Waals surface area contributed by atoms with Crippen LogP contribution >= 0.6 is 0 Å². The zero-order valence-electron chi connectivity index (χ0n) is 13.9. The minimum Gasteiger partial charge on any atom is -0.480 e. The van der Waals surface area contributed by atoms with E-state index in [-0.39, 0.29) is 12.6 Å². The third-order valence-electron chi connectivity index (χ3n) is 4.32. The van der Waals surface area contributed by atoms with Gasteiger partial charge in [0.1, 0.15) is 23.8 Å². The highest BCUT2D eigenvalue weighted by Crippen LogP contribution is 2.29. The first-order chi connectivity index (χ1) is 12.6. The maximum absolute atomic E-state index is 10.8. The molecule has 1 aliphatic rings. The van der Waals surface area contributed by atoms with E-state index in [9.17, 15) is 9.90 Å². The number of pyridine rings is 1. The minimum atomic E-state index is -0.967. The van der Waals surface area contributed by atoms with Crippen LogP contribution in [0, 0.1) is 0 Å². The van der Waals surface area contributed by atoms with Crippen LogP contribution in [0.1, 0.15) is 6.42 Å². The summed E-state index contributed by atoms with van der Waals surface area (Å²) in [5.74, 6) is 0.745. The summed E-state index contributed by atoms with van der Waals surface area (Å²) in [7, 11) is 0. The number of aromatic nitrogens is 4. The summed E-state index contributed by atoms with van der Waals surface area (Å²) in [5, 5.41) is 22.2. The fourth-order valence-corrected chi connectivity index (χ4v) is 3.08. The molecule has 1 fully saturated rings. The van der Waals surface area contributed by atoms with Crippen LogP contribution in [0.2, 0.25) is 0 Å². The fraction of sp³-hybridized carbons (Fsp3) is 0.294. The van der Waals surface area contributed by atoms with E-state index in [2.05, 4.69) is 25.3 Å². The third kappa shape index (κ3) is 3.16. The van der Waals surface area contributed by atoms with Crippen LogP contribution in [0.25, 0.3) is 22.4 Å². The van der Waals surface area contributed by atoms with Crippen molar-refractivity contribution in [2.45, 2.75) is 12.5 Å². The monoisotopic (exact) mass is 354 g/mol. The summed E-state index contributed by atoms with van der Waals surface area (Å²) >= 11 is 0. The van der Waals surface area contributed by atoms with Gasteiger partial charge in [0, 0.05) is 36.4 Å². The van der Waals surface area contributed by atoms with Crippen molar-refractivity contribution >= 4 is 28.6 Å². The minimum absolute atomic E-state index is 0.231. The number of nitrogens with zero attached hydrogens (tertiary/aromatic N) is 4. The summed E-state index contributed by atoms with van der Waals surface area (Å²) in [6.45, 7) is 1.07. The van der Waals surface area contributed by atoms with E-state index < -0.39 is 5.97 Å². The number of aliphatic carboxylic acids is 1. The van der Waals surface area contributed by atoms with Crippen LogP contribution < -0.4 is 10.2 Å². The number of hydrogen-bond donors (Lipinski definition) is 4. The van der Waals surface area contributed by atoms with Crippen molar-refractivity contribution in [3.8, 4) is 11.4 Å². The van der Waals surface area contributed by atoms with Crippen molar-refractivity contribution < 1.29 is 15.0 Å². The number of aliphatic hydroxyl groups is 1. The molecule has 0 spiro atoms. The van der Waals surface area contributed by atoms with Crippen molar-refractivity contribution in [3.05, 3.63) is 30.6 Å². The van der Waals surface area contributed by atoms with Crippen LogP contribution in [0.15, 0.2) is 30.6 Å². The molecular weight excluding hydrogens is 336 g/mol. The number of β-amino-alcohol motifs (C(OH)–C–C–N with tert-alkyl or cyclic N) is 1. The second-order valence-electron chi connectivity index (χ2n) is 6.17. The van der Waals surface area contributed by atoms with Gasteiger partial charge in [-0.2, -0.15) is 0 Å². The molecule has 26 heavy (non-hydrogen) atoms. The van der Waals surface area contributed by atoms with Crippen LogP contribution in [0.4, 0.5) is 11.6 Å². The van der Waals surface area contributed by atoms with Crippen molar-refractivity contribution in [1.29, 1.82) is 0 Å². The number of carboxylic acids is 1. The largest absolute Gasteiger partial charge is 0.480 e. The molecule has 0 amide bonds. The molecule has 4 rings (SSSR count). The lowest BCUT2D eigenvalue weighted by Gasteiger charge is -2.17. The summed E-state index contributed by atoms with van der Waals surface area (Å²) in [6.07, 6.45) is 3.84. The number of anilines is 2. The molecule has 1 aliphatic heterocycles. The van der Waals surface area contributed by atoms with Gasteiger partial charge in [0.2, 0.25) is 0 Å². The third-order valence-corrected chi connectivity index (χ3v) is 4.32. The Morgan fingerprint density at radius 1 is 1.38 bits per heavy atom. The topological polar surface area (TPSA) is 127 Å². The zero-order valence-corrected chi connectivity index (χ0v) is 13.9. The number of carboxylic acid groups (broad SMARTS) is 1. The average Bonchev–Trinajstić information content (AvgIpc) is 3.28. The molecule has 0 aliphatic carbocycles. The molecule has 0 aromatic carbocycles. The summed E-state index contributed by atoms with van der Waals surface area (Å²) in [5.41, 5.74) is 1.38. The lowest BCUT2D eigenvalue weighted by molar-refractivity contribution is -0.134. The summed E-state index contributed by atoms with van der Waals surface area (Å²) < 4.78 is 0. The van der Waals surface area contributed by atoms with E-state index in [1.165, 1.54) is 0 Å². The van der Waals surface area contributed by atoms with Crippen molar-refractivity contribution in [1.82, 2.24) is 19.9 Å². The van der Waals surface area contributed by atoms with Crippen LogP contribution in [-0.2, 0) is 4.79 Å². The van der Waals surface area contributed by atoms with Crippen molar-refractivity contribution in [3.63, 3.8) is 0 Å². The van der Waals surface area contributed by atoms with Gasteiger partial charge in [0.25, 0.3) is 0 Å². The number of fused-ring (bicyclic) bond motifs is 1. The van der Waals surface area contributed by atoms with Crippen LogP contribution in [0.5, 0.6) is 0 Å². The van der Waals surface area contributed by atoms with E-state index in [1.807, 2.05) is 17.0 Å². The van der Waals surface area contributed by atoms with E-state index >= 15 is 0 Å². The predicted octanol–water partition coefficient (Wildman–Crippen LogP) is 1.09. The van der Waals surface area contributed by atoms with Crippen molar-refractivity contribution in [2.75, 3.05) is 29.9 Å². The molecule has 1 saturated heterocycles. The molecule has 4 N–H and O–H groups in total. The van der Waals surface area contributed by atoms with Gasteiger partial charge in [-0.1, -0.05) is 0 Å². The number of aromatic amines is 1. The first-order valence-electron chi connectivity index (χ1n) is 8.30. The van der Waals surface area contributed by atoms with Crippen LogP contribution in [0.3, 0.4) is 0 Å². The molecule has 3 aromatic heterocycles. The van der Waals surface area contributed by atoms with Crippen molar-refractivity contribution in [2.24, 2.45) is 0 Å². The molecule has 1 unspecified atom stereocenters. The van der Waals surface area contributed by atoms with Gasteiger partial charge in [-0.3, -0.25) is 4.79 Å². The highest BCUT2D eigenvalue weighted by molar-refractivity contribution is 5.93. The number of carbonyl (C=O) groups is 1. The molecule has 3 aromatic rings. The maximum atomic E-state index is 10.8.